The van der Waals surface area contributed by atoms with Gasteiger partial charge < -0.3 is 20.9 Å². The maximum atomic E-state index is 12.3. The van der Waals surface area contributed by atoms with E-state index in [1.54, 1.807) is 13.0 Å². The van der Waals surface area contributed by atoms with Gasteiger partial charge in [0, 0.05) is 23.3 Å². The van der Waals surface area contributed by atoms with Gasteiger partial charge >= 0.3 is 5.97 Å². The minimum absolute atomic E-state index is 0.0513. The van der Waals surface area contributed by atoms with E-state index in [1.807, 2.05) is 30.3 Å². The van der Waals surface area contributed by atoms with E-state index in [0.717, 1.165) is 5.69 Å². The van der Waals surface area contributed by atoms with Crippen LogP contribution in [0.15, 0.2) is 48.7 Å². The molecule has 0 fully saturated rings. The van der Waals surface area contributed by atoms with E-state index < -0.39 is 5.97 Å². The lowest BCUT2D eigenvalue weighted by Crippen LogP contribution is -2.09. The molecule has 0 atom stereocenters. The number of benzene rings is 2. The molecule has 3 rings (SSSR count). The van der Waals surface area contributed by atoms with Gasteiger partial charge in [-0.1, -0.05) is 18.2 Å². The van der Waals surface area contributed by atoms with E-state index in [2.05, 4.69) is 10.3 Å². The standard InChI is InChI=1S/C18H17N3O3/c1-2-24-18(23)13-10-20-15-9-16(22)14(19)8-12(15)17(13)21-11-6-4-3-5-7-11/h3-10,22H,2,19H2,1H3,(H,20,21). The Morgan fingerprint density at radius 1 is 1.29 bits per heavy atom. The fourth-order valence-electron chi connectivity index (χ4n) is 2.41. The molecule has 0 amide bonds. The second kappa shape index (κ2) is 6.45. The summed E-state index contributed by atoms with van der Waals surface area (Å²) in [6.07, 6.45) is 1.43. The molecule has 4 N–H and O–H groups in total. The van der Waals surface area contributed by atoms with Gasteiger partial charge in [0.1, 0.15) is 11.3 Å². The molecule has 3 aromatic rings. The highest BCUT2D eigenvalue weighted by molar-refractivity contribution is 6.07. The van der Waals surface area contributed by atoms with Gasteiger partial charge in [-0.15, -0.1) is 0 Å². The number of nitrogens with one attached hydrogen (secondary N) is 1. The number of hydrogen-bond acceptors (Lipinski definition) is 6. The van der Waals surface area contributed by atoms with Gasteiger partial charge in [0.05, 0.1) is 23.5 Å². The third kappa shape index (κ3) is 2.94. The molecule has 1 aromatic heterocycles. The minimum atomic E-state index is -0.475. The highest BCUT2D eigenvalue weighted by Crippen LogP contribution is 2.34. The molecule has 0 saturated carbocycles. The van der Waals surface area contributed by atoms with Crippen LogP contribution >= 0.6 is 0 Å². The largest absolute Gasteiger partial charge is 0.506 e. The molecule has 0 aliphatic heterocycles. The summed E-state index contributed by atoms with van der Waals surface area (Å²) in [7, 11) is 0. The Bertz CT molecular complexity index is 895. The summed E-state index contributed by atoms with van der Waals surface area (Å²) in [5.74, 6) is -0.526. The van der Waals surface area contributed by atoms with Crippen LogP contribution in [0.25, 0.3) is 10.9 Å². The molecule has 0 bridgehead atoms. The lowest BCUT2D eigenvalue weighted by molar-refractivity contribution is 0.0527. The van der Waals surface area contributed by atoms with Gasteiger partial charge in [-0.25, -0.2) is 4.79 Å². The molecular formula is C18H17N3O3. The van der Waals surface area contributed by atoms with E-state index in [4.69, 9.17) is 10.5 Å². The van der Waals surface area contributed by atoms with Crippen molar-refractivity contribution in [2.45, 2.75) is 6.92 Å². The van der Waals surface area contributed by atoms with Crippen molar-refractivity contribution in [3.63, 3.8) is 0 Å². The van der Waals surface area contributed by atoms with Gasteiger partial charge in [-0.2, -0.15) is 0 Å². The van der Waals surface area contributed by atoms with Crippen molar-refractivity contribution in [2.24, 2.45) is 0 Å². The number of anilines is 3. The molecule has 0 aliphatic carbocycles. The van der Waals surface area contributed by atoms with Gasteiger partial charge in [0.15, 0.2) is 0 Å². The fraction of sp³-hybridized carbons (Fsp3) is 0.111. The smallest absolute Gasteiger partial charge is 0.341 e. The Balaban J connectivity index is 2.21. The first-order valence-electron chi connectivity index (χ1n) is 7.50. The quantitative estimate of drug-likeness (QED) is 0.386. The Labute approximate surface area is 138 Å². The van der Waals surface area contributed by atoms with Crippen LogP contribution in [0.5, 0.6) is 5.75 Å². The van der Waals surface area contributed by atoms with Crippen molar-refractivity contribution in [1.82, 2.24) is 4.98 Å². The number of carbonyl (C=O) groups excluding carboxylic acids is 1. The van der Waals surface area contributed by atoms with Crippen molar-refractivity contribution < 1.29 is 14.6 Å². The third-order valence-corrected chi connectivity index (χ3v) is 3.55. The van der Waals surface area contributed by atoms with Crippen molar-refractivity contribution in [3.05, 3.63) is 54.2 Å². The number of phenols is 1. The number of fused-ring (bicyclic) bond motifs is 1. The highest BCUT2D eigenvalue weighted by Gasteiger charge is 2.18. The molecule has 0 aliphatic rings. The number of rotatable bonds is 4. The number of ether oxygens (including phenoxy) is 1. The summed E-state index contributed by atoms with van der Waals surface area (Å²) < 4.78 is 5.11. The summed E-state index contributed by atoms with van der Waals surface area (Å²) in [4.78, 5) is 16.5. The van der Waals surface area contributed by atoms with E-state index in [-0.39, 0.29) is 18.0 Å². The van der Waals surface area contributed by atoms with Gasteiger partial charge in [0.2, 0.25) is 0 Å². The number of para-hydroxylation sites is 1. The zero-order chi connectivity index (χ0) is 17.1. The summed E-state index contributed by atoms with van der Waals surface area (Å²) >= 11 is 0. The zero-order valence-corrected chi connectivity index (χ0v) is 13.1. The molecule has 0 radical (unpaired) electrons. The zero-order valence-electron chi connectivity index (χ0n) is 13.1. The van der Waals surface area contributed by atoms with Crippen molar-refractivity contribution in [1.29, 1.82) is 0 Å². The number of nitrogens with zero attached hydrogens (tertiary/aromatic N) is 1. The molecule has 0 unspecified atom stereocenters. The Kier molecular flexibility index (Phi) is 4.20. The number of pyridine rings is 1. The van der Waals surface area contributed by atoms with E-state index in [9.17, 15) is 9.90 Å². The first-order valence-corrected chi connectivity index (χ1v) is 7.50. The number of esters is 1. The van der Waals surface area contributed by atoms with Crippen LogP contribution in [0.4, 0.5) is 17.1 Å². The van der Waals surface area contributed by atoms with Crippen LogP contribution in [0.1, 0.15) is 17.3 Å². The fourth-order valence-corrected chi connectivity index (χ4v) is 2.41. The molecule has 122 valence electrons. The molecule has 6 nitrogen and oxygen atoms in total. The van der Waals surface area contributed by atoms with Crippen LogP contribution in [0, 0.1) is 0 Å². The SMILES string of the molecule is CCOC(=O)c1cnc2cc(O)c(N)cc2c1Nc1ccccc1. The second-order valence-electron chi connectivity index (χ2n) is 5.19. The van der Waals surface area contributed by atoms with Crippen LogP contribution < -0.4 is 11.1 Å². The number of phenolic OH excluding ortho intramolecular Hbond substituents is 1. The second-order valence-corrected chi connectivity index (χ2v) is 5.19. The summed E-state index contributed by atoms with van der Waals surface area (Å²) in [6, 6.07) is 12.5. The molecule has 6 heteroatoms. The topological polar surface area (TPSA) is 97.5 Å². The van der Waals surface area contributed by atoms with Gasteiger partial charge in [0.25, 0.3) is 0 Å². The highest BCUT2D eigenvalue weighted by atomic mass is 16.5. The van der Waals surface area contributed by atoms with Crippen molar-refractivity contribution in [2.75, 3.05) is 17.7 Å². The van der Waals surface area contributed by atoms with Crippen LogP contribution in [0.3, 0.4) is 0 Å². The minimum Gasteiger partial charge on any atom is -0.506 e. The number of hydrogen-bond donors (Lipinski definition) is 3. The lowest BCUT2D eigenvalue weighted by atomic mass is 10.1. The Hall–Kier alpha value is -3.28. The van der Waals surface area contributed by atoms with Crippen LogP contribution in [-0.4, -0.2) is 22.7 Å². The Morgan fingerprint density at radius 2 is 2.04 bits per heavy atom. The predicted molar refractivity (Wildman–Crippen MR) is 93.5 cm³/mol. The normalized spacial score (nSPS) is 10.5. The predicted octanol–water partition coefficient (Wildman–Crippen LogP) is 3.44. The van der Waals surface area contributed by atoms with Gasteiger partial charge in [-0.05, 0) is 25.1 Å². The third-order valence-electron chi connectivity index (χ3n) is 3.55. The summed E-state index contributed by atoms with van der Waals surface area (Å²) in [5.41, 5.74) is 8.19. The maximum absolute atomic E-state index is 12.3. The maximum Gasteiger partial charge on any atom is 0.341 e. The van der Waals surface area contributed by atoms with E-state index in [0.29, 0.717) is 22.2 Å². The summed E-state index contributed by atoms with van der Waals surface area (Å²) in [5, 5.41) is 13.6. The monoisotopic (exact) mass is 323 g/mol. The van der Waals surface area contributed by atoms with Crippen molar-refractivity contribution >= 4 is 33.9 Å². The van der Waals surface area contributed by atoms with Crippen LogP contribution in [0.2, 0.25) is 0 Å². The number of carbonyl (C=O) groups is 1. The molecule has 24 heavy (non-hydrogen) atoms. The van der Waals surface area contributed by atoms with E-state index >= 15 is 0 Å². The van der Waals surface area contributed by atoms with Gasteiger partial charge in [-0.3, -0.25) is 4.98 Å². The first kappa shape index (κ1) is 15.6. The molecular weight excluding hydrogens is 306 g/mol. The van der Waals surface area contributed by atoms with E-state index in [1.165, 1.54) is 12.3 Å². The molecule has 2 aromatic carbocycles. The Morgan fingerprint density at radius 3 is 2.75 bits per heavy atom. The number of aromatic nitrogens is 1. The first-order chi connectivity index (χ1) is 11.6. The number of aromatic hydroxyl groups is 1. The molecule has 1 heterocycles. The molecule has 0 saturated heterocycles. The average Bonchev–Trinajstić information content (AvgIpc) is 2.58. The molecule has 0 spiro atoms. The lowest BCUT2D eigenvalue weighted by Gasteiger charge is -2.15. The van der Waals surface area contributed by atoms with Crippen molar-refractivity contribution in [3.8, 4) is 5.75 Å². The average molecular weight is 323 g/mol. The number of nitrogen functional groups attached to an aromatic ring is 1. The van der Waals surface area contributed by atoms with Crippen LogP contribution in [-0.2, 0) is 4.74 Å². The summed E-state index contributed by atoms with van der Waals surface area (Å²) in [6.45, 7) is 2.01. The number of nitrogens with two attached hydrogens (primary N) is 1.